The molecule has 2 heterocycles. The number of rotatable bonds is 1. The van der Waals surface area contributed by atoms with Gasteiger partial charge < -0.3 is 10.0 Å². The number of piperidine rings is 1. The molecule has 1 N–H and O–H groups in total. The molecular formula is C14H18FNO. The summed E-state index contributed by atoms with van der Waals surface area (Å²) >= 11 is 0. The summed E-state index contributed by atoms with van der Waals surface area (Å²) in [6, 6.07) is 4.75. The Morgan fingerprint density at radius 1 is 1.41 bits per heavy atom. The molecule has 1 aromatic rings. The van der Waals surface area contributed by atoms with Crippen LogP contribution in [-0.2, 0) is 5.60 Å². The number of hydrogen-bond acceptors (Lipinski definition) is 2. The molecule has 0 spiro atoms. The van der Waals surface area contributed by atoms with Gasteiger partial charge in [-0.15, -0.1) is 0 Å². The maximum atomic E-state index is 13.4. The van der Waals surface area contributed by atoms with Gasteiger partial charge in [-0.25, -0.2) is 4.39 Å². The summed E-state index contributed by atoms with van der Waals surface area (Å²) < 4.78 is 13.4. The van der Waals surface area contributed by atoms with Gasteiger partial charge in [0.05, 0.1) is 5.60 Å². The predicted molar refractivity (Wildman–Crippen MR) is 64.2 cm³/mol. The van der Waals surface area contributed by atoms with E-state index in [0.717, 1.165) is 43.6 Å². The summed E-state index contributed by atoms with van der Waals surface area (Å²) in [5, 5.41) is 10.9. The highest BCUT2D eigenvalue weighted by molar-refractivity contribution is 5.33. The van der Waals surface area contributed by atoms with Gasteiger partial charge in [0.2, 0.25) is 0 Å². The predicted octanol–water partition coefficient (Wildman–Crippen LogP) is 2.05. The van der Waals surface area contributed by atoms with E-state index >= 15 is 0 Å². The molecule has 3 unspecified atom stereocenters. The molecule has 92 valence electrons. The normalized spacial score (nSPS) is 36.2. The van der Waals surface area contributed by atoms with Gasteiger partial charge in [-0.05, 0) is 49.6 Å². The Labute approximate surface area is 101 Å². The lowest BCUT2D eigenvalue weighted by atomic mass is 9.75. The first kappa shape index (κ1) is 11.2. The highest BCUT2D eigenvalue weighted by atomic mass is 19.1. The van der Waals surface area contributed by atoms with Crippen molar-refractivity contribution in [2.75, 3.05) is 19.6 Å². The monoisotopic (exact) mass is 235 g/mol. The third-order valence-corrected chi connectivity index (χ3v) is 4.42. The molecule has 2 fully saturated rings. The minimum Gasteiger partial charge on any atom is -0.385 e. The fourth-order valence-corrected chi connectivity index (χ4v) is 3.37. The minimum absolute atomic E-state index is 0.251. The number of aliphatic hydroxyl groups is 1. The van der Waals surface area contributed by atoms with Gasteiger partial charge in [0.15, 0.2) is 0 Å². The maximum absolute atomic E-state index is 13.4. The fraction of sp³-hybridized carbons (Fsp3) is 0.571. The van der Waals surface area contributed by atoms with Crippen LogP contribution in [0.2, 0.25) is 0 Å². The van der Waals surface area contributed by atoms with E-state index < -0.39 is 5.60 Å². The van der Waals surface area contributed by atoms with Gasteiger partial charge in [-0.2, -0.15) is 0 Å². The Hall–Kier alpha value is -0.930. The first-order valence-corrected chi connectivity index (χ1v) is 6.31. The van der Waals surface area contributed by atoms with E-state index in [1.807, 2.05) is 6.92 Å². The highest BCUT2D eigenvalue weighted by Crippen LogP contribution is 2.43. The smallest absolute Gasteiger partial charge is 0.123 e. The molecular weight excluding hydrogens is 217 g/mol. The molecule has 2 aliphatic heterocycles. The average Bonchev–Trinajstić information content (AvgIpc) is 2.73. The number of hydrogen-bond donors (Lipinski definition) is 1. The number of nitrogens with zero attached hydrogens (tertiary/aromatic N) is 1. The Kier molecular flexibility index (Phi) is 2.49. The zero-order valence-corrected chi connectivity index (χ0v) is 10.1. The van der Waals surface area contributed by atoms with Crippen LogP contribution < -0.4 is 0 Å². The SMILES string of the molecule is Cc1ccc(F)cc1C1(O)CCN2CCC1C2. The molecule has 0 aromatic heterocycles. The van der Waals surface area contributed by atoms with Crippen LogP contribution in [0.3, 0.4) is 0 Å². The Balaban J connectivity index is 2.04. The molecule has 2 nitrogen and oxygen atoms in total. The maximum Gasteiger partial charge on any atom is 0.123 e. The number of aryl methyl sites for hydroxylation is 1. The van der Waals surface area contributed by atoms with E-state index in [1.54, 1.807) is 6.07 Å². The van der Waals surface area contributed by atoms with Crippen molar-refractivity contribution < 1.29 is 9.50 Å². The molecule has 3 atom stereocenters. The molecule has 0 saturated carbocycles. The molecule has 0 amide bonds. The molecule has 2 saturated heterocycles. The van der Waals surface area contributed by atoms with E-state index in [9.17, 15) is 9.50 Å². The van der Waals surface area contributed by atoms with Crippen LogP contribution in [0.1, 0.15) is 24.0 Å². The molecule has 0 radical (unpaired) electrons. The Morgan fingerprint density at radius 3 is 3.06 bits per heavy atom. The Morgan fingerprint density at radius 2 is 2.24 bits per heavy atom. The van der Waals surface area contributed by atoms with Gasteiger partial charge >= 0.3 is 0 Å². The quantitative estimate of drug-likeness (QED) is 0.805. The summed E-state index contributed by atoms with van der Waals surface area (Å²) in [6.07, 6.45) is 1.74. The van der Waals surface area contributed by atoms with Crippen molar-refractivity contribution in [3.05, 3.63) is 35.1 Å². The van der Waals surface area contributed by atoms with Crippen LogP contribution >= 0.6 is 0 Å². The van der Waals surface area contributed by atoms with Crippen LogP contribution in [0.25, 0.3) is 0 Å². The third kappa shape index (κ3) is 1.69. The van der Waals surface area contributed by atoms with Gasteiger partial charge in [0.1, 0.15) is 5.82 Å². The molecule has 2 aliphatic rings. The lowest BCUT2D eigenvalue weighted by molar-refractivity contribution is -0.0508. The van der Waals surface area contributed by atoms with Crippen LogP contribution in [0, 0.1) is 18.7 Å². The summed E-state index contributed by atoms with van der Waals surface area (Å²) in [7, 11) is 0. The van der Waals surface area contributed by atoms with Crippen molar-refractivity contribution in [3.8, 4) is 0 Å². The second kappa shape index (κ2) is 3.79. The minimum atomic E-state index is -0.820. The van der Waals surface area contributed by atoms with Gasteiger partial charge in [0.25, 0.3) is 0 Å². The van der Waals surface area contributed by atoms with Crippen molar-refractivity contribution in [1.82, 2.24) is 4.90 Å². The summed E-state index contributed by atoms with van der Waals surface area (Å²) in [4.78, 5) is 2.38. The fourth-order valence-electron chi connectivity index (χ4n) is 3.37. The molecule has 0 aliphatic carbocycles. The molecule has 3 heteroatoms. The van der Waals surface area contributed by atoms with Crippen LogP contribution in [0.5, 0.6) is 0 Å². The Bertz CT molecular complexity index is 448. The van der Waals surface area contributed by atoms with Crippen LogP contribution in [-0.4, -0.2) is 29.6 Å². The van der Waals surface area contributed by atoms with Crippen molar-refractivity contribution in [3.63, 3.8) is 0 Å². The van der Waals surface area contributed by atoms with Crippen molar-refractivity contribution in [2.45, 2.75) is 25.4 Å². The molecule has 1 aromatic carbocycles. The third-order valence-electron chi connectivity index (χ3n) is 4.42. The van der Waals surface area contributed by atoms with Gasteiger partial charge in [-0.3, -0.25) is 0 Å². The zero-order valence-electron chi connectivity index (χ0n) is 10.1. The highest BCUT2D eigenvalue weighted by Gasteiger charge is 2.46. The molecule has 17 heavy (non-hydrogen) atoms. The lowest BCUT2D eigenvalue weighted by Crippen LogP contribution is -2.44. The second-order valence-corrected chi connectivity index (χ2v) is 5.42. The largest absolute Gasteiger partial charge is 0.385 e. The van der Waals surface area contributed by atoms with Crippen LogP contribution in [0.4, 0.5) is 4.39 Å². The zero-order chi connectivity index (χ0) is 12.0. The first-order valence-electron chi connectivity index (χ1n) is 6.31. The van der Waals surface area contributed by atoms with Crippen molar-refractivity contribution in [2.24, 2.45) is 5.92 Å². The van der Waals surface area contributed by atoms with E-state index in [0.29, 0.717) is 0 Å². The second-order valence-electron chi connectivity index (χ2n) is 5.42. The van der Waals surface area contributed by atoms with E-state index in [4.69, 9.17) is 0 Å². The van der Waals surface area contributed by atoms with E-state index in [-0.39, 0.29) is 11.7 Å². The van der Waals surface area contributed by atoms with Gasteiger partial charge in [0, 0.05) is 19.0 Å². The van der Waals surface area contributed by atoms with E-state index in [2.05, 4.69) is 4.90 Å². The number of fused-ring (bicyclic) bond motifs is 2. The number of benzene rings is 1. The summed E-state index contributed by atoms with van der Waals surface area (Å²) in [6.45, 7) is 4.89. The lowest BCUT2D eigenvalue weighted by Gasteiger charge is -2.40. The molecule has 3 rings (SSSR count). The van der Waals surface area contributed by atoms with Crippen LogP contribution in [0.15, 0.2) is 18.2 Å². The summed E-state index contributed by atoms with van der Waals surface area (Å²) in [5.74, 6) is 0.0104. The standard InChI is InChI=1S/C14H18FNO/c1-10-2-3-12(15)8-13(10)14(17)5-7-16-6-4-11(14)9-16/h2-3,8,11,17H,4-7,9H2,1H3. The van der Waals surface area contributed by atoms with Gasteiger partial charge in [-0.1, -0.05) is 6.07 Å². The first-order chi connectivity index (χ1) is 8.09. The average molecular weight is 235 g/mol. The van der Waals surface area contributed by atoms with Crippen molar-refractivity contribution >= 4 is 0 Å². The number of halogens is 1. The van der Waals surface area contributed by atoms with E-state index in [1.165, 1.54) is 12.1 Å². The topological polar surface area (TPSA) is 23.5 Å². The molecule has 2 bridgehead atoms. The van der Waals surface area contributed by atoms with Crippen molar-refractivity contribution in [1.29, 1.82) is 0 Å². The summed E-state index contributed by atoms with van der Waals surface area (Å²) in [5.41, 5.74) is 0.970.